The van der Waals surface area contributed by atoms with Gasteiger partial charge >= 0.3 is 0 Å². The van der Waals surface area contributed by atoms with Crippen molar-refractivity contribution in [2.45, 2.75) is 17.9 Å². The van der Waals surface area contributed by atoms with Gasteiger partial charge in [-0.2, -0.15) is 0 Å². The zero-order chi connectivity index (χ0) is 16.3. The van der Waals surface area contributed by atoms with Crippen molar-refractivity contribution < 1.29 is 9.52 Å². The van der Waals surface area contributed by atoms with E-state index in [-0.39, 0.29) is 30.5 Å². The van der Waals surface area contributed by atoms with Crippen LogP contribution >= 0.6 is 35.7 Å². The molecule has 0 saturated heterocycles. The third-order valence-electron chi connectivity index (χ3n) is 3.04. The minimum absolute atomic E-state index is 0. The number of halogens is 1. The summed E-state index contributed by atoms with van der Waals surface area (Å²) in [6, 6.07) is 13.8. The van der Waals surface area contributed by atoms with Crippen LogP contribution in [0, 0.1) is 0 Å². The van der Waals surface area contributed by atoms with Gasteiger partial charge < -0.3 is 20.2 Å². The lowest BCUT2D eigenvalue weighted by atomic mass is 10.3. The molecule has 0 radical (unpaired) electrons. The fraction of sp³-hybridized carbons (Fsp3) is 0.353. The van der Waals surface area contributed by atoms with Gasteiger partial charge in [0.2, 0.25) is 0 Å². The quantitative estimate of drug-likeness (QED) is 0.185. The molecule has 1 unspecified atom stereocenters. The van der Waals surface area contributed by atoms with Gasteiger partial charge in [0.1, 0.15) is 11.9 Å². The Balaban J connectivity index is 0.00000288. The first-order valence-electron chi connectivity index (χ1n) is 7.71. The molecule has 0 bridgehead atoms. The minimum atomic E-state index is -0.723. The van der Waals surface area contributed by atoms with E-state index >= 15 is 0 Å². The molecule has 0 fully saturated rings. The molecular weight excluding hydrogens is 437 g/mol. The number of thioether (sulfide) groups is 1. The highest BCUT2D eigenvalue weighted by Gasteiger charge is 2.09. The summed E-state index contributed by atoms with van der Waals surface area (Å²) in [6.45, 7) is 3.84. The average Bonchev–Trinajstić information content (AvgIpc) is 3.11. The van der Waals surface area contributed by atoms with E-state index in [1.54, 1.807) is 30.2 Å². The summed E-state index contributed by atoms with van der Waals surface area (Å²) >= 11 is 1.79. The Morgan fingerprint density at radius 3 is 2.67 bits per heavy atom. The lowest BCUT2D eigenvalue weighted by molar-refractivity contribution is 0.158. The number of nitrogens with zero attached hydrogens (tertiary/aromatic N) is 1. The van der Waals surface area contributed by atoms with Gasteiger partial charge in [0.25, 0.3) is 0 Å². The molecule has 132 valence electrons. The zero-order valence-corrected chi connectivity index (χ0v) is 16.8. The van der Waals surface area contributed by atoms with Gasteiger partial charge in [-0.15, -0.1) is 35.7 Å². The maximum absolute atomic E-state index is 9.99. The Morgan fingerprint density at radius 2 is 2.00 bits per heavy atom. The van der Waals surface area contributed by atoms with Crippen molar-refractivity contribution in [2.75, 3.05) is 25.4 Å². The van der Waals surface area contributed by atoms with E-state index in [1.807, 2.05) is 25.1 Å². The predicted octanol–water partition coefficient (Wildman–Crippen LogP) is 3.28. The monoisotopic (exact) mass is 461 g/mol. The van der Waals surface area contributed by atoms with Crippen LogP contribution in [-0.4, -0.2) is 36.5 Å². The number of aliphatic imine (C=N–C) groups is 1. The van der Waals surface area contributed by atoms with Crippen molar-refractivity contribution >= 4 is 41.7 Å². The number of hydrogen-bond acceptors (Lipinski definition) is 4. The van der Waals surface area contributed by atoms with Crippen molar-refractivity contribution in [3.05, 3.63) is 54.5 Å². The van der Waals surface area contributed by atoms with E-state index in [4.69, 9.17) is 4.42 Å². The van der Waals surface area contributed by atoms with Crippen molar-refractivity contribution in [3.63, 3.8) is 0 Å². The molecule has 5 nitrogen and oxygen atoms in total. The molecule has 3 N–H and O–H groups in total. The standard InChI is InChI=1S/C17H23N3O2S.HI/c1-2-18-17(20-13-15(21)16-9-6-11-22-16)19-10-12-23-14-7-4-3-5-8-14;/h3-9,11,15,21H,2,10,12-13H2,1H3,(H2,18,19,20);1H. The van der Waals surface area contributed by atoms with Crippen molar-refractivity contribution in [2.24, 2.45) is 4.99 Å². The summed E-state index contributed by atoms with van der Waals surface area (Å²) in [6.07, 6.45) is 0.825. The first-order chi connectivity index (χ1) is 11.3. The maximum Gasteiger partial charge on any atom is 0.191 e. The molecule has 1 atom stereocenters. The number of furan rings is 1. The first-order valence-corrected chi connectivity index (χ1v) is 8.69. The van der Waals surface area contributed by atoms with Crippen LogP contribution in [0.4, 0.5) is 0 Å². The second kappa shape index (κ2) is 12.2. The van der Waals surface area contributed by atoms with Crippen molar-refractivity contribution in [1.82, 2.24) is 10.6 Å². The van der Waals surface area contributed by atoms with E-state index in [9.17, 15) is 5.11 Å². The topological polar surface area (TPSA) is 69.8 Å². The predicted molar refractivity (Wildman–Crippen MR) is 110 cm³/mol. The zero-order valence-electron chi connectivity index (χ0n) is 13.6. The normalized spacial score (nSPS) is 12.3. The Hall–Kier alpha value is -1.19. The van der Waals surface area contributed by atoms with Crippen LogP contribution in [0.5, 0.6) is 0 Å². The van der Waals surface area contributed by atoms with Gasteiger partial charge in [-0.3, -0.25) is 4.99 Å². The minimum Gasteiger partial charge on any atom is -0.467 e. The molecular formula is C17H24IN3O2S. The number of aliphatic hydroxyl groups is 1. The highest BCUT2D eigenvalue weighted by molar-refractivity contribution is 14.0. The molecule has 1 aromatic carbocycles. The molecule has 7 heteroatoms. The molecule has 0 aliphatic heterocycles. The Morgan fingerprint density at radius 1 is 1.21 bits per heavy atom. The molecule has 0 saturated carbocycles. The highest BCUT2D eigenvalue weighted by atomic mass is 127. The lowest BCUT2D eigenvalue weighted by Gasteiger charge is -2.12. The van der Waals surface area contributed by atoms with Gasteiger partial charge in [0.05, 0.1) is 12.8 Å². The number of nitrogens with one attached hydrogen (secondary N) is 2. The smallest absolute Gasteiger partial charge is 0.191 e. The Kier molecular flexibility index (Phi) is 10.6. The SMILES string of the molecule is CCNC(=NCC(O)c1ccco1)NCCSc1ccccc1.I. The number of hydrogen-bond donors (Lipinski definition) is 3. The number of benzene rings is 1. The fourth-order valence-corrected chi connectivity index (χ4v) is 2.73. The average molecular weight is 461 g/mol. The Labute approximate surface area is 164 Å². The molecule has 2 aromatic rings. The first kappa shape index (κ1) is 20.9. The van der Waals surface area contributed by atoms with Crippen LogP contribution in [0.3, 0.4) is 0 Å². The molecule has 0 spiro atoms. The molecule has 24 heavy (non-hydrogen) atoms. The molecule has 0 amide bonds. The van der Waals surface area contributed by atoms with Gasteiger partial charge in [-0.1, -0.05) is 18.2 Å². The van der Waals surface area contributed by atoms with Crippen LogP contribution in [-0.2, 0) is 0 Å². The van der Waals surface area contributed by atoms with Crippen LogP contribution < -0.4 is 10.6 Å². The van der Waals surface area contributed by atoms with Gasteiger partial charge in [0.15, 0.2) is 5.96 Å². The van der Waals surface area contributed by atoms with Crippen molar-refractivity contribution in [1.29, 1.82) is 0 Å². The van der Waals surface area contributed by atoms with Gasteiger partial charge in [-0.05, 0) is 31.2 Å². The van der Waals surface area contributed by atoms with Crippen LogP contribution in [0.1, 0.15) is 18.8 Å². The van der Waals surface area contributed by atoms with E-state index in [0.717, 1.165) is 18.8 Å². The van der Waals surface area contributed by atoms with Crippen LogP contribution in [0.25, 0.3) is 0 Å². The van der Waals surface area contributed by atoms with Gasteiger partial charge in [0, 0.05) is 23.7 Å². The number of aliphatic hydroxyl groups excluding tert-OH is 1. The third kappa shape index (κ3) is 7.59. The Bertz CT molecular complexity index is 579. The number of rotatable bonds is 8. The summed E-state index contributed by atoms with van der Waals surface area (Å²) in [5.74, 6) is 2.17. The molecule has 1 aromatic heterocycles. The molecule has 2 rings (SSSR count). The summed E-state index contributed by atoms with van der Waals surface area (Å²) in [5, 5.41) is 16.4. The van der Waals surface area contributed by atoms with Crippen LogP contribution in [0.2, 0.25) is 0 Å². The second-order valence-corrected chi connectivity index (χ2v) is 6.01. The van der Waals surface area contributed by atoms with E-state index in [0.29, 0.717) is 11.7 Å². The fourth-order valence-electron chi connectivity index (χ4n) is 1.95. The molecule has 0 aliphatic carbocycles. The summed E-state index contributed by atoms with van der Waals surface area (Å²) in [7, 11) is 0. The summed E-state index contributed by atoms with van der Waals surface area (Å²) < 4.78 is 5.17. The summed E-state index contributed by atoms with van der Waals surface area (Å²) in [4.78, 5) is 5.64. The molecule has 0 aliphatic rings. The maximum atomic E-state index is 9.99. The molecule has 1 heterocycles. The number of guanidine groups is 1. The van der Waals surface area contributed by atoms with Crippen LogP contribution in [0.15, 0.2) is 63.0 Å². The van der Waals surface area contributed by atoms with E-state index in [1.165, 1.54) is 4.90 Å². The van der Waals surface area contributed by atoms with Gasteiger partial charge in [-0.25, -0.2) is 0 Å². The van der Waals surface area contributed by atoms with Crippen molar-refractivity contribution in [3.8, 4) is 0 Å². The largest absolute Gasteiger partial charge is 0.467 e. The van der Waals surface area contributed by atoms with E-state index < -0.39 is 6.10 Å². The second-order valence-electron chi connectivity index (χ2n) is 4.84. The van der Waals surface area contributed by atoms with E-state index in [2.05, 4.69) is 27.8 Å². The highest BCUT2D eigenvalue weighted by Crippen LogP contribution is 2.15. The summed E-state index contributed by atoms with van der Waals surface area (Å²) in [5.41, 5.74) is 0. The third-order valence-corrected chi connectivity index (χ3v) is 4.06. The lowest BCUT2D eigenvalue weighted by Crippen LogP contribution is -2.38.